The van der Waals surface area contributed by atoms with Crippen molar-refractivity contribution in [1.82, 2.24) is 4.31 Å². The van der Waals surface area contributed by atoms with Crippen LogP contribution in [0, 0.1) is 0 Å². The molecule has 0 radical (unpaired) electrons. The smallest absolute Gasteiger partial charge is 0.211 e. The predicted molar refractivity (Wildman–Crippen MR) is 84.0 cm³/mol. The summed E-state index contributed by atoms with van der Waals surface area (Å²) in [5.41, 5.74) is 0.650. The van der Waals surface area contributed by atoms with Gasteiger partial charge < -0.3 is 9.47 Å². The Labute approximate surface area is 132 Å². The lowest BCUT2D eigenvalue weighted by molar-refractivity contribution is -0.148. The third kappa shape index (κ3) is 3.35. The highest BCUT2D eigenvalue weighted by atomic mass is 32.2. The second kappa shape index (κ2) is 6.28. The Morgan fingerprint density at radius 3 is 2.77 bits per heavy atom. The summed E-state index contributed by atoms with van der Waals surface area (Å²) in [6.45, 7) is 2.13. The van der Waals surface area contributed by atoms with Crippen molar-refractivity contribution < 1.29 is 17.9 Å². The molecule has 2 aliphatic heterocycles. The Morgan fingerprint density at radius 1 is 1.36 bits per heavy atom. The van der Waals surface area contributed by atoms with Crippen molar-refractivity contribution in [2.75, 3.05) is 26.0 Å². The second-order valence-electron chi connectivity index (χ2n) is 6.19. The normalized spacial score (nSPS) is 30.0. The molecule has 0 aliphatic carbocycles. The molecule has 0 aromatic heterocycles. The zero-order chi connectivity index (χ0) is 15.6. The summed E-state index contributed by atoms with van der Waals surface area (Å²) in [5, 5.41) is 0. The SMILES string of the molecule is CS(=O)(=O)N1CC[C@H](OCc2ccccc2)[C@]2(CCCO2)C1. The van der Waals surface area contributed by atoms with Gasteiger partial charge in [0.15, 0.2) is 0 Å². The van der Waals surface area contributed by atoms with Crippen LogP contribution >= 0.6 is 0 Å². The van der Waals surface area contributed by atoms with Gasteiger partial charge in [0.05, 0.1) is 19.0 Å². The molecule has 22 heavy (non-hydrogen) atoms. The molecule has 3 rings (SSSR count). The predicted octanol–water partition coefficient (Wildman–Crippen LogP) is 1.79. The fourth-order valence-electron chi connectivity index (χ4n) is 3.39. The molecule has 5 nitrogen and oxygen atoms in total. The zero-order valence-corrected chi connectivity index (χ0v) is 13.7. The van der Waals surface area contributed by atoms with Crippen LogP contribution < -0.4 is 0 Å². The first-order valence-electron chi connectivity index (χ1n) is 7.74. The van der Waals surface area contributed by atoms with Crippen LogP contribution in [0.3, 0.4) is 0 Å². The maximum atomic E-state index is 11.8. The third-order valence-corrected chi connectivity index (χ3v) is 5.82. The number of hydrogen-bond acceptors (Lipinski definition) is 4. The molecule has 2 fully saturated rings. The summed E-state index contributed by atoms with van der Waals surface area (Å²) in [6.07, 6.45) is 3.72. The van der Waals surface area contributed by atoms with Gasteiger partial charge in [0.1, 0.15) is 5.60 Å². The minimum Gasteiger partial charge on any atom is -0.371 e. The van der Waals surface area contributed by atoms with E-state index in [1.807, 2.05) is 30.3 Å². The lowest BCUT2D eigenvalue weighted by Gasteiger charge is -2.44. The number of hydrogen-bond donors (Lipinski definition) is 0. The molecule has 1 aromatic rings. The molecule has 2 heterocycles. The molecule has 6 heteroatoms. The van der Waals surface area contributed by atoms with Crippen molar-refractivity contribution in [1.29, 1.82) is 0 Å². The lowest BCUT2D eigenvalue weighted by atomic mass is 9.88. The van der Waals surface area contributed by atoms with Crippen molar-refractivity contribution in [3.8, 4) is 0 Å². The molecule has 1 aromatic carbocycles. The summed E-state index contributed by atoms with van der Waals surface area (Å²) in [6, 6.07) is 10.0. The van der Waals surface area contributed by atoms with Gasteiger partial charge in [-0.1, -0.05) is 30.3 Å². The Bertz CT molecular complexity index is 596. The molecular formula is C16H23NO4S. The van der Waals surface area contributed by atoms with Gasteiger partial charge >= 0.3 is 0 Å². The summed E-state index contributed by atoms with van der Waals surface area (Å²) in [5.74, 6) is 0. The van der Waals surface area contributed by atoms with Crippen molar-refractivity contribution in [2.24, 2.45) is 0 Å². The highest BCUT2D eigenvalue weighted by Gasteiger charge is 2.49. The van der Waals surface area contributed by atoms with E-state index in [4.69, 9.17) is 9.47 Å². The van der Waals surface area contributed by atoms with Crippen molar-refractivity contribution >= 4 is 10.0 Å². The van der Waals surface area contributed by atoms with E-state index in [0.29, 0.717) is 32.7 Å². The number of nitrogens with zero attached hydrogens (tertiary/aromatic N) is 1. The summed E-state index contributed by atoms with van der Waals surface area (Å²) in [4.78, 5) is 0. The van der Waals surface area contributed by atoms with E-state index in [0.717, 1.165) is 18.4 Å². The summed E-state index contributed by atoms with van der Waals surface area (Å²) < 4.78 is 37.3. The molecule has 0 N–H and O–H groups in total. The molecule has 1 spiro atoms. The lowest BCUT2D eigenvalue weighted by Crippen LogP contribution is -2.58. The number of piperidine rings is 1. The van der Waals surface area contributed by atoms with Crippen LogP contribution in [0.15, 0.2) is 30.3 Å². The maximum absolute atomic E-state index is 11.8. The van der Waals surface area contributed by atoms with E-state index in [2.05, 4.69) is 0 Å². The van der Waals surface area contributed by atoms with Gasteiger partial charge in [0.2, 0.25) is 10.0 Å². The van der Waals surface area contributed by atoms with Crippen molar-refractivity contribution in [3.63, 3.8) is 0 Å². The van der Waals surface area contributed by atoms with Crippen LogP contribution in [-0.2, 0) is 26.1 Å². The molecule has 2 aliphatic rings. The Hall–Kier alpha value is -0.950. The first-order valence-corrected chi connectivity index (χ1v) is 9.59. The second-order valence-corrected chi connectivity index (χ2v) is 8.17. The van der Waals surface area contributed by atoms with Gasteiger partial charge in [-0.25, -0.2) is 8.42 Å². The fourth-order valence-corrected chi connectivity index (χ4v) is 4.28. The van der Waals surface area contributed by atoms with E-state index < -0.39 is 15.6 Å². The largest absolute Gasteiger partial charge is 0.371 e. The average Bonchev–Trinajstić information content (AvgIpc) is 2.95. The monoisotopic (exact) mass is 325 g/mol. The van der Waals surface area contributed by atoms with Crippen molar-refractivity contribution in [3.05, 3.63) is 35.9 Å². The zero-order valence-electron chi connectivity index (χ0n) is 12.9. The van der Waals surface area contributed by atoms with Crippen LogP contribution in [0.1, 0.15) is 24.8 Å². The number of ether oxygens (including phenoxy) is 2. The van der Waals surface area contributed by atoms with Gasteiger partial charge in [-0.3, -0.25) is 0 Å². The molecule has 2 saturated heterocycles. The molecule has 0 bridgehead atoms. The fraction of sp³-hybridized carbons (Fsp3) is 0.625. The highest BCUT2D eigenvalue weighted by Crippen LogP contribution is 2.37. The van der Waals surface area contributed by atoms with E-state index in [1.54, 1.807) is 0 Å². The summed E-state index contributed by atoms with van der Waals surface area (Å²) >= 11 is 0. The molecule has 0 amide bonds. The molecular weight excluding hydrogens is 302 g/mol. The molecule has 122 valence electrons. The molecule has 0 unspecified atom stereocenters. The van der Waals surface area contributed by atoms with Crippen LogP contribution in [0.5, 0.6) is 0 Å². The van der Waals surface area contributed by atoms with Crippen LogP contribution in [0.4, 0.5) is 0 Å². The van der Waals surface area contributed by atoms with Gasteiger partial charge in [0, 0.05) is 19.7 Å². The van der Waals surface area contributed by atoms with Crippen LogP contribution in [-0.4, -0.2) is 50.4 Å². The van der Waals surface area contributed by atoms with E-state index in [9.17, 15) is 8.42 Å². The first kappa shape index (κ1) is 15.9. The molecule has 0 saturated carbocycles. The first-order chi connectivity index (χ1) is 10.5. The number of rotatable bonds is 4. The van der Waals surface area contributed by atoms with Crippen LogP contribution in [0.2, 0.25) is 0 Å². The number of benzene rings is 1. The Kier molecular flexibility index (Phi) is 4.54. The van der Waals surface area contributed by atoms with E-state index >= 15 is 0 Å². The molecule has 2 atom stereocenters. The third-order valence-electron chi connectivity index (χ3n) is 4.57. The van der Waals surface area contributed by atoms with Crippen LogP contribution in [0.25, 0.3) is 0 Å². The number of sulfonamides is 1. The van der Waals surface area contributed by atoms with E-state index in [1.165, 1.54) is 10.6 Å². The minimum atomic E-state index is -3.18. The van der Waals surface area contributed by atoms with Gasteiger partial charge in [-0.15, -0.1) is 0 Å². The van der Waals surface area contributed by atoms with Crippen molar-refractivity contribution in [2.45, 2.75) is 37.6 Å². The standard InChI is InChI=1S/C16H23NO4S/c1-22(18,19)17-10-8-15(16(13-17)9-5-11-21-16)20-12-14-6-3-2-4-7-14/h2-4,6-7,15H,5,8-13H2,1H3/t15-,16-/m0/s1. The average molecular weight is 325 g/mol. The minimum absolute atomic E-state index is 0.0480. The maximum Gasteiger partial charge on any atom is 0.211 e. The quantitative estimate of drug-likeness (QED) is 0.847. The van der Waals surface area contributed by atoms with E-state index in [-0.39, 0.29) is 6.10 Å². The topological polar surface area (TPSA) is 55.8 Å². The van der Waals surface area contributed by atoms with Gasteiger partial charge in [0.25, 0.3) is 0 Å². The van der Waals surface area contributed by atoms with Gasteiger partial charge in [-0.05, 0) is 24.8 Å². The highest BCUT2D eigenvalue weighted by molar-refractivity contribution is 7.88. The Morgan fingerprint density at radius 2 is 2.14 bits per heavy atom. The Balaban J connectivity index is 1.71. The summed E-state index contributed by atoms with van der Waals surface area (Å²) in [7, 11) is -3.18. The van der Waals surface area contributed by atoms with Gasteiger partial charge in [-0.2, -0.15) is 4.31 Å².